The number of ether oxygens (including phenoxy) is 1. The first-order chi connectivity index (χ1) is 12.3. The van der Waals surface area contributed by atoms with Crippen molar-refractivity contribution in [1.82, 2.24) is 0 Å². The van der Waals surface area contributed by atoms with Crippen LogP contribution in [0.25, 0.3) is 6.08 Å². The Balaban J connectivity index is 2.34. The molecule has 0 saturated heterocycles. The quantitative estimate of drug-likeness (QED) is 0.517. The molecule has 0 bridgehead atoms. The molecule has 0 atom stereocenters. The summed E-state index contributed by atoms with van der Waals surface area (Å²) in [6.07, 6.45) is 1.32. The smallest absolute Gasteiger partial charge is 0.266 e. The number of carbonyl (C=O) groups excluding carboxylic acids is 1. The molecule has 0 aliphatic carbocycles. The molecule has 0 unspecified atom stereocenters. The van der Waals surface area contributed by atoms with Gasteiger partial charge >= 0.3 is 0 Å². The van der Waals surface area contributed by atoms with Crippen molar-refractivity contribution < 1.29 is 14.6 Å². The van der Waals surface area contributed by atoms with Gasteiger partial charge in [-0.1, -0.05) is 34.8 Å². The molecule has 5 nitrogen and oxygen atoms in total. The number of phenolic OH excluding ortho intramolecular Hbond substituents is 1. The predicted molar refractivity (Wildman–Crippen MR) is 103 cm³/mol. The van der Waals surface area contributed by atoms with Crippen molar-refractivity contribution in [2.75, 3.05) is 11.9 Å². The van der Waals surface area contributed by atoms with Gasteiger partial charge in [-0.2, -0.15) is 5.26 Å². The number of hydrogen-bond donors (Lipinski definition) is 2. The molecule has 0 radical (unpaired) electrons. The van der Waals surface area contributed by atoms with Crippen LogP contribution in [0.4, 0.5) is 5.69 Å². The molecule has 0 aromatic heterocycles. The lowest BCUT2D eigenvalue weighted by Crippen LogP contribution is -2.13. The Morgan fingerprint density at radius 2 is 2.00 bits per heavy atom. The molecule has 0 aliphatic rings. The first-order valence-corrected chi connectivity index (χ1v) is 8.52. The van der Waals surface area contributed by atoms with E-state index >= 15 is 0 Å². The summed E-state index contributed by atoms with van der Waals surface area (Å²) >= 11 is 17.8. The highest BCUT2D eigenvalue weighted by Gasteiger charge is 2.14. The van der Waals surface area contributed by atoms with E-state index in [-0.39, 0.29) is 32.8 Å². The zero-order chi connectivity index (χ0) is 19.3. The zero-order valence-electron chi connectivity index (χ0n) is 13.5. The summed E-state index contributed by atoms with van der Waals surface area (Å²) in [5, 5.41) is 22.4. The first kappa shape index (κ1) is 19.9. The lowest BCUT2D eigenvalue weighted by Gasteiger charge is -2.09. The van der Waals surface area contributed by atoms with Gasteiger partial charge in [0, 0.05) is 5.02 Å². The molecule has 134 valence electrons. The van der Waals surface area contributed by atoms with Gasteiger partial charge in [-0.15, -0.1) is 0 Å². The second-order valence-corrected chi connectivity index (χ2v) is 6.28. The first-order valence-electron chi connectivity index (χ1n) is 7.39. The lowest BCUT2D eigenvalue weighted by atomic mass is 10.1. The van der Waals surface area contributed by atoms with Crippen molar-refractivity contribution in [2.24, 2.45) is 0 Å². The van der Waals surface area contributed by atoms with Crippen molar-refractivity contribution in [1.29, 1.82) is 5.26 Å². The minimum absolute atomic E-state index is 0.0396. The second kappa shape index (κ2) is 8.81. The van der Waals surface area contributed by atoms with Gasteiger partial charge in [0.15, 0.2) is 11.5 Å². The number of phenols is 1. The standard InChI is InChI=1S/C18H13Cl3N2O3/c1-2-26-16-7-10(6-14(21)17(16)24)5-11(9-22)18(25)23-15-8-12(19)3-4-13(15)20/h3-8,24H,2H2,1H3,(H,23,25)/b11-5+. The maximum absolute atomic E-state index is 12.4. The van der Waals surface area contributed by atoms with E-state index in [1.54, 1.807) is 13.0 Å². The van der Waals surface area contributed by atoms with Gasteiger partial charge in [0.1, 0.15) is 11.6 Å². The summed E-state index contributed by atoms with van der Waals surface area (Å²) in [6.45, 7) is 2.06. The molecule has 26 heavy (non-hydrogen) atoms. The summed E-state index contributed by atoms with van der Waals surface area (Å²) in [5.41, 5.74) is 0.509. The van der Waals surface area contributed by atoms with E-state index in [0.717, 1.165) is 0 Å². The fourth-order valence-corrected chi connectivity index (χ4v) is 2.60. The summed E-state index contributed by atoms with van der Waals surface area (Å²) in [5.74, 6) is -0.722. The van der Waals surface area contributed by atoms with E-state index in [1.807, 2.05) is 6.07 Å². The van der Waals surface area contributed by atoms with Gasteiger partial charge in [0.05, 0.1) is 22.3 Å². The fourth-order valence-electron chi connectivity index (χ4n) is 2.04. The van der Waals surface area contributed by atoms with E-state index in [9.17, 15) is 15.2 Å². The Labute approximate surface area is 165 Å². The molecule has 0 fully saturated rings. The number of rotatable bonds is 5. The minimum atomic E-state index is -0.668. The van der Waals surface area contributed by atoms with Gasteiger partial charge < -0.3 is 15.2 Å². The third-order valence-corrected chi connectivity index (χ3v) is 4.06. The molecular weight excluding hydrogens is 399 g/mol. The van der Waals surface area contributed by atoms with Crippen LogP contribution < -0.4 is 10.1 Å². The summed E-state index contributed by atoms with van der Waals surface area (Å²) in [7, 11) is 0. The van der Waals surface area contributed by atoms with Crippen molar-refractivity contribution in [2.45, 2.75) is 6.92 Å². The third kappa shape index (κ3) is 4.83. The van der Waals surface area contributed by atoms with Gasteiger partial charge in [0.2, 0.25) is 0 Å². The summed E-state index contributed by atoms with van der Waals surface area (Å²) < 4.78 is 5.28. The zero-order valence-corrected chi connectivity index (χ0v) is 15.8. The van der Waals surface area contributed by atoms with Crippen molar-refractivity contribution >= 4 is 52.5 Å². The van der Waals surface area contributed by atoms with Crippen LogP contribution in [0.15, 0.2) is 35.9 Å². The Kier molecular flexibility index (Phi) is 6.76. The highest BCUT2D eigenvalue weighted by Crippen LogP contribution is 2.36. The van der Waals surface area contributed by atoms with Crippen LogP contribution in [-0.4, -0.2) is 17.6 Å². The second-order valence-electron chi connectivity index (χ2n) is 5.03. The fraction of sp³-hybridized carbons (Fsp3) is 0.111. The normalized spacial score (nSPS) is 11.0. The number of amides is 1. The van der Waals surface area contributed by atoms with Gasteiger partial charge in [0.25, 0.3) is 5.91 Å². The van der Waals surface area contributed by atoms with Crippen LogP contribution in [-0.2, 0) is 4.79 Å². The molecular formula is C18H13Cl3N2O3. The van der Waals surface area contributed by atoms with Crippen molar-refractivity contribution in [3.8, 4) is 17.6 Å². The number of benzene rings is 2. The largest absolute Gasteiger partial charge is 0.503 e. The van der Waals surface area contributed by atoms with E-state index in [1.165, 1.54) is 30.3 Å². The molecule has 0 aliphatic heterocycles. The molecule has 2 N–H and O–H groups in total. The van der Waals surface area contributed by atoms with Crippen LogP contribution in [0.3, 0.4) is 0 Å². The molecule has 0 saturated carbocycles. The molecule has 2 rings (SSSR count). The third-order valence-electron chi connectivity index (χ3n) is 3.20. The minimum Gasteiger partial charge on any atom is -0.503 e. The number of halogens is 3. The van der Waals surface area contributed by atoms with E-state index in [4.69, 9.17) is 39.5 Å². The van der Waals surface area contributed by atoms with Gasteiger partial charge in [-0.3, -0.25) is 4.79 Å². The number of anilines is 1. The average molecular weight is 412 g/mol. The molecule has 0 spiro atoms. The molecule has 2 aromatic rings. The SMILES string of the molecule is CCOc1cc(/C=C(\C#N)C(=O)Nc2cc(Cl)ccc2Cl)cc(Cl)c1O. The van der Waals surface area contributed by atoms with Crippen molar-refractivity contribution in [3.05, 3.63) is 56.5 Å². The average Bonchev–Trinajstić information content (AvgIpc) is 2.60. The highest BCUT2D eigenvalue weighted by atomic mass is 35.5. The number of carbonyl (C=O) groups is 1. The Hall–Kier alpha value is -2.39. The van der Waals surface area contributed by atoms with Crippen LogP contribution in [0, 0.1) is 11.3 Å². The maximum Gasteiger partial charge on any atom is 0.266 e. The van der Waals surface area contributed by atoms with Crippen LogP contribution in [0.5, 0.6) is 11.5 Å². The van der Waals surface area contributed by atoms with Crippen LogP contribution >= 0.6 is 34.8 Å². The molecule has 1 amide bonds. The predicted octanol–water partition coefficient (Wildman–Crippen LogP) is 5.30. The monoisotopic (exact) mass is 410 g/mol. The number of nitrogens with one attached hydrogen (secondary N) is 1. The van der Waals surface area contributed by atoms with Crippen LogP contribution in [0.1, 0.15) is 12.5 Å². The van der Waals surface area contributed by atoms with E-state index in [2.05, 4.69) is 5.32 Å². The molecule has 2 aromatic carbocycles. The number of nitriles is 1. The maximum atomic E-state index is 12.4. The topological polar surface area (TPSA) is 82.3 Å². The number of hydrogen-bond acceptors (Lipinski definition) is 4. The number of aromatic hydroxyl groups is 1. The Bertz CT molecular complexity index is 921. The summed E-state index contributed by atoms with van der Waals surface area (Å²) in [6, 6.07) is 9.29. The van der Waals surface area contributed by atoms with E-state index in [0.29, 0.717) is 17.2 Å². The molecule has 0 heterocycles. The van der Waals surface area contributed by atoms with Gasteiger partial charge in [-0.05, 0) is 48.9 Å². The Morgan fingerprint density at radius 1 is 1.27 bits per heavy atom. The van der Waals surface area contributed by atoms with E-state index < -0.39 is 5.91 Å². The van der Waals surface area contributed by atoms with Crippen LogP contribution in [0.2, 0.25) is 15.1 Å². The molecule has 8 heteroatoms. The van der Waals surface area contributed by atoms with Crippen molar-refractivity contribution in [3.63, 3.8) is 0 Å². The van der Waals surface area contributed by atoms with Gasteiger partial charge in [-0.25, -0.2) is 0 Å². The summed E-state index contributed by atoms with van der Waals surface area (Å²) in [4.78, 5) is 12.4. The highest BCUT2D eigenvalue weighted by molar-refractivity contribution is 6.36. The Morgan fingerprint density at radius 3 is 2.65 bits per heavy atom. The number of nitrogens with zero attached hydrogens (tertiary/aromatic N) is 1. The lowest BCUT2D eigenvalue weighted by molar-refractivity contribution is -0.112.